The maximum Gasteiger partial charge on any atom is 0.407 e. The minimum absolute atomic E-state index is 0.354. The van der Waals surface area contributed by atoms with Crippen LogP contribution in [0.15, 0.2) is 18.2 Å². The Balaban J connectivity index is 1.84. The summed E-state index contributed by atoms with van der Waals surface area (Å²) >= 11 is 0. The van der Waals surface area contributed by atoms with Gasteiger partial charge in [-0.2, -0.15) is 0 Å². The molecule has 4 heteroatoms. The fourth-order valence-electron chi connectivity index (χ4n) is 2.23. The van der Waals surface area contributed by atoms with Crippen LogP contribution in [0.3, 0.4) is 0 Å². The summed E-state index contributed by atoms with van der Waals surface area (Å²) in [6.07, 6.45) is 1.55. The van der Waals surface area contributed by atoms with Gasteiger partial charge >= 0.3 is 6.09 Å². The van der Waals surface area contributed by atoms with E-state index in [2.05, 4.69) is 28.8 Å². The molecule has 0 fully saturated rings. The highest BCUT2D eigenvalue weighted by molar-refractivity contribution is 5.68. The van der Waals surface area contributed by atoms with Gasteiger partial charge in [-0.3, -0.25) is 0 Å². The van der Waals surface area contributed by atoms with Crippen molar-refractivity contribution in [3.05, 3.63) is 29.3 Å². The number of nitrogens with one attached hydrogen (secondary N) is 2. The molecule has 1 aromatic carbocycles. The topological polar surface area (TPSA) is 50.4 Å². The highest BCUT2D eigenvalue weighted by Gasteiger charge is 2.16. The minimum atomic E-state index is -0.445. The summed E-state index contributed by atoms with van der Waals surface area (Å²) in [5, 5.41) is 6.19. The molecule has 0 aromatic heterocycles. The molecule has 0 saturated heterocycles. The zero-order valence-corrected chi connectivity index (χ0v) is 11.9. The number of amides is 1. The molecule has 0 unspecified atom stereocenters. The van der Waals surface area contributed by atoms with Crippen molar-refractivity contribution in [1.82, 2.24) is 5.32 Å². The zero-order valence-electron chi connectivity index (χ0n) is 11.9. The Morgan fingerprint density at radius 3 is 2.95 bits per heavy atom. The number of ether oxygens (including phenoxy) is 1. The molecule has 19 heavy (non-hydrogen) atoms. The highest BCUT2D eigenvalue weighted by Crippen LogP contribution is 2.26. The quantitative estimate of drug-likeness (QED) is 0.880. The van der Waals surface area contributed by atoms with Crippen LogP contribution < -0.4 is 10.6 Å². The fraction of sp³-hybridized carbons (Fsp3) is 0.533. The van der Waals surface area contributed by atoms with Crippen LogP contribution >= 0.6 is 0 Å². The molecule has 104 valence electrons. The maximum atomic E-state index is 11.5. The van der Waals surface area contributed by atoms with Gasteiger partial charge in [0, 0.05) is 18.8 Å². The minimum Gasteiger partial charge on any atom is -0.444 e. The Bertz CT molecular complexity index is 464. The van der Waals surface area contributed by atoms with Crippen LogP contribution in [-0.4, -0.2) is 24.8 Å². The average Bonchev–Trinajstić information content (AvgIpc) is 2.75. The Morgan fingerprint density at radius 1 is 1.42 bits per heavy atom. The van der Waals surface area contributed by atoms with Gasteiger partial charge < -0.3 is 15.4 Å². The lowest BCUT2D eigenvalue weighted by molar-refractivity contribution is 0.0528. The first-order valence-electron chi connectivity index (χ1n) is 6.77. The first kappa shape index (κ1) is 13.7. The van der Waals surface area contributed by atoms with Crippen molar-refractivity contribution in [2.45, 2.75) is 39.2 Å². The van der Waals surface area contributed by atoms with Crippen LogP contribution in [0.4, 0.5) is 10.5 Å². The fourth-order valence-corrected chi connectivity index (χ4v) is 2.23. The summed E-state index contributed by atoms with van der Waals surface area (Å²) in [4.78, 5) is 11.5. The van der Waals surface area contributed by atoms with Crippen molar-refractivity contribution in [2.75, 3.05) is 18.4 Å². The van der Waals surface area contributed by atoms with E-state index in [-0.39, 0.29) is 6.09 Å². The van der Waals surface area contributed by atoms with Crippen molar-refractivity contribution in [1.29, 1.82) is 0 Å². The first-order chi connectivity index (χ1) is 8.96. The summed E-state index contributed by atoms with van der Waals surface area (Å²) in [6.45, 7) is 7.18. The van der Waals surface area contributed by atoms with E-state index in [0.717, 1.165) is 19.4 Å². The van der Waals surface area contributed by atoms with Crippen LogP contribution in [0.1, 0.15) is 31.9 Å². The second kappa shape index (κ2) is 5.51. The predicted octanol–water partition coefficient (Wildman–Crippen LogP) is 2.72. The van der Waals surface area contributed by atoms with Gasteiger partial charge in [-0.05, 0) is 44.7 Å². The van der Waals surface area contributed by atoms with Gasteiger partial charge in [-0.1, -0.05) is 18.2 Å². The van der Waals surface area contributed by atoms with Gasteiger partial charge in [0.15, 0.2) is 0 Å². The number of carbonyl (C=O) groups excluding carboxylic acids is 1. The first-order valence-corrected chi connectivity index (χ1v) is 6.77. The highest BCUT2D eigenvalue weighted by atomic mass is 16.6. The Morgan fingerprint density at radius 2 is 2.21 bits per heavy atom. The Kier molecular flexibility index (Phi) is 3.98. The van der Waals surface area contributed by atoms with E-state index >= 15 is 0 Å². The third-order valence-electron chi connectivity index (χ3n) is 3.00. The molecular formula is C15H22N2O2. The summed E-state index contributed by atoms with van der Waals surface area (Å²) in [5.41, 5.74) is 3.42. The van der Waals surface area contributed by atoms with Gasteiger partial charge in [-0.25, -0.2) is 4.79 Å². The molecule has 2 N–H and O–H groups in total. The number of rotatable bonds is 3. The van der Waals surface area contributed by atoms with Crippen LogP contribution in [0, 0.1) is 0 Å². The molecule has 1 amide bonds. The van der Waals surface area contributed by atoms with Crippen LogP contribution in [-0.2, 0) is 17.6 Å². The van der Waals surface area contributed by atoms with E-state index in [9.17, 15) is 4.79 Å². The molecule has 0 bridgehead atoms. The summed E-state index contributed by atoms with van der Waals surface area (Å²) < 4.78 is 5.20. The largest absolute Gasteiger partial charge is 0.444 e. The Hall–Kier alpha value is -1.71. The number of fused-ring (bicyclic) bond motifs is 1. The van der Waals surface area contributed by atoms with E-state index in [4.69, 9.17) is 4.74 Å². The average molecular weight is 262 g/mol. The molecule has 1 aliphatic heterocycles. The lowest BCUT2D eigenvalue weighted by Gasteiger charge is -2.19. The molecule has 2 rings (SSSR count). The lowest BCUT2D eigenvalue weighted by Crippen LogP contribution is -2.33. The van der Waals surface area contributed by atoms with E-state index in [0.29, 0.717) is 6.54 Å². The van der Waals surface area contributed by atoms with Crippen molar-refractivity contribution < 1.29 is 9.53 Å². The lowest BCUT2D eigenvalue weighted by atomic mass is 10.1. The monoisotopic (exact) mass is 262 g/mol. The van der Waals surface area contributed by atoms with E-state index in [1.54, 1.807) is 0 Å². The van der Waals surface area contributed by atoms with Crippen molar-refractivity contribution in [2.24, 2.45) is 0 Å². The predicted molar refractivity (Wildman–Crippen MR) is 76.6 cm³/mol. The molecular weight excluding hydrogens is 240 g/mol. The van der Waals surface area contributed by atoms with Crippen molar-refractivity contribution in [3.63, 3.8) is 0 Å². The third-order valence-corrected chi connectivity index (χ3v) is 3.00. The molecule has 0 saturated carbocycles. The zero-order chi connectivity index (χ0) is 13.9. The number of hydrogen-bond donors (Lipinski definition) is 2. The molecule has 0 aliphatic carbocycles. The van der Waals surface area contributed by atoms with E-state index < -0.39 is 5.60 Å². The molecule has 1 aliphatic rings. The number of anilines is 1. The van der Waals surface area contributed by atoms with Crippen LogP contribution in [0.25, 0.3) is 0 Å². The van der Waals surface area contributed by atoms with Gasteiger partial charge in [0.2, 0.25) is 0 Å². The Labute approximate surface area is 114 Å². The second-order valence-electron chi connectivity index (χ2n) is 5.81. The van der Waals surface area contributed by atoms with Crippen molar-refractivity contribution in [3.8, 4) is 0 Å². The van der Waals surface area contributed by atoms with Crippen LogP contribution in [0.2, 0.25) is 0 Å². The normalized spacial score (nSPS) is 13.6. The number of para-hydroxylation sites is 1. The van der Waals surface area contributed by atoms with Gasteiger partial charge in [-0.15, -0.1) is 0 Å². The summed E-state index contributed by atoms with van der Waals surface area (Å²) in [7, 11) is 0. The van der Waals surface area contributed by atoms with E-state index in [1.165, 1.54) is 16.8 Å². The number of carbonyl (C=O) groups is 1. The smallest absolute Gasteiger partial charge is 0.407 e. The van der Waals surface area contributed by atoms with Crippen LogP contribution in [0.5, 0.6) is 0 Å². The second-order valence-corrected chi connectivity index (χ2v) is 5.81. The molecule has 1 aromatic rings. The maximum absolute atomic E-state index is 11.5. The number of hydrogen-bond acceptors (Lipinski definition) is 3. The summed E-state index contributed by atoms with van der Waals surface area (Å²) in [6, 6.07) is 6.34. The standard InChI is InChI=1S/C15H22N2O2/c1-15(2,3)19-14(18)17-10-8-12-6-4-5-11-7-9-16-13(11)12/h4-6,16H,7-10H2,1-3H3,(H,17,18). The van der Waals surface area contributed by atoms with E-state index in [1.807, 2.05) is 20.8 Å². The molecule has 1 heterocycles. The molecule has 0 spiro atoms. The molecule has 0 radical (unpaired) electrons. The SMILES string of the molecule is CC(C)(C)OC(=O)NCCc1cccc2c1NCC2. The molecule has 0 atom stereocenters. The van der Waals surface area contributed by atoms with Gasteiger partial charge in [0.25, 0.3) is 0 Å². The summed E-state index contributed by atoms with van der Waals surface area (Å²) in [5.74, 6) is 0. The number of benzene rings is 1. The van der Waals surface area contributed by atoms with Gasteiger partial charge in [0.1, 0.15) is 5.60 Å². The number of alkyl carbamates (subject to hydrolysis) is 1. The molecule has 4 nitrogen and oxygen atoms in total. The van der Waals surface area contributed by atoms with Gasteiger partial charge in [0.05, 0.1) is 0 Å². The third kappa shape index (κ3) is 3.88. The van der Waals surface area contributed by atoms with Crippen molar-refractivity contribution >= 4 is 11.8 Å².